The zero-order valence-corrected chi connectivity index (χ0v) is 27.1. The number of carbonyl (C=O) groups is 7. The number of nitrogens with zero attached hydrogens (tertiary/aromatic N) is 1. The molecule has 0 atom stereocenters. The Balaban J connectivity index is 3.98. The quantitative estimate of drug-likeness (QED) is 0.0450. The van der Waals surface area contributed by atoms with Gasteiger partial charge in [-0.25, -0.2) is 28.8 Å². The second-order valence-corrected chi connectivity index (χ2v) is 9.44. The number of esters is 4. The van der Waals surface area contributed by atoms with Crippen molar-refractivity contribution in [3.8, 4) is 0 Å². The molecular formula is C28H46BN3O15. The predicted octanol–water partition coefficient (Wildman–Crippen LogP) is -0.758. The van der Waals surface area contributed by atoms with E-state index in [9.17, 15) is 33.6 Å². The van der Waals surface area contributed by atoms with Gasteiger partial charge in [-0.3, -0.25) is 4.90 Å². The summed E-state index contributed by atoms with van der Waals surface area (Å²) in [5, 5.41) is 5.00. The average molecular weight is 675 g/mol. The first-order valence-corrected chi connectivity index (χ1v) is 15.2. The van der Waals surface area contributed by atoms with Crippen molar-refractivity contribution in [1.82, 2.24) is 15.5 Å². The first kappa shape index (κ1) is 43.0. The lowest BCUT2D eigenvalue weighted by Crippen LogP contribution is -2.36. The standard InChI is InChI=1S/C28H46BN3O15/c1-3-11-46-27(38)30-7-5-13-42-23(34)18-40-20-25(36)44-15-9-32(17-22(29)33)10-16-45-26(37)21-41-19-24(35)43-14-6-8-31-28(39)47-12-4-2/h3-21H2,1-2H3,(H,30,38)(H,31,39). The van der Waals surface area contributed by atoms with Crippen molar-refractivity contribution in [2.45, 2.75) is 39.5 Å². The van der Waals surface area contributed by atoms with Crippen LogP contribution in [0.15, 0.2) is 0 Å². The zero-order valence-electron chi connectivity index (χ0n) is 27.1. The van der Waals surface area contributed by atoms with Crippen molar-refractivity contribution in [1.29, 1.82) is 0 Å². The van der Waals surface area contributed by atoms with Crippen molar-refractivity contribution in [3.63, 3.8) is 0 Å². The smallest absolute Gasteiger partial charge is 0.407 e. The molecule has 0 aliphatic heterocycles. The van der Waals surface area contributed by atoms with Crippen molar-refractivity contribution in [3.05, 3.63) is 0 Å². The van der Waals surface area contributed by atoms with E-state index in [1.165, 1.54) is 4.90 Å². The molecule has 0 bridgehead atoms. The largest absolute Gasteiger partial charge is 0.464 e. The molecule has 18 nitrogen and oxygen atoms in total. The van der Waals surface area contributed by atoms with Crippen LogP contribution in [0.5, 0.6) is 0 Å². The van der Waals surface area contributed by atoms with Crippen molar-refractivity contribution in [2.24, 2.45) is 0 Å². The molecule has 2 amide bonds. The van der Waals surface area contributed by atoms with E-state index in [-0.39, 0.29) is 59.2 Å². The lowest BCUT2D eigenvalue weighted by atomic mass is 10.0. The number of nitrogens with one attached hydrogen (secondary N) is 2. The SMILES string of the molecule is [B]C(=O)CN(CCOC(=O)COCC(=O)OCCCNC(=O)OCCC)CCOC(=O)COCC(=O)OCCCNC(=O)OCCC. The number of rotatable bonds is 28. The third kappa shape index (κ3) is 29.2. The molecule has 0 aromatic heterocycles. The van der Waals surface area contributed by atoms with E-state index in [1.54, 1.807) is 0 Å². The minimum atomic E-state index is -0.766. The molecule has 47 heavy (non-hydrogen) atoms. The van der Waals surface area contributed by atoms with Crippen LogP contribution in [-0.4, -0.2) is 153 Å². The summed E-state index contributed by atoms with van der Waals surface area (Å²) in [6, 6.07) is 0. The maximum absolute atomic E-state index is 11.9. The van der Waals surface area contributed by atoms with E-state index in [4.69, 9.17) is 45.7 Å². The van der Waals surface area contributed by atoms with Crippen LogP contribution in [0.3, 0.4) is 0 Å². The summed E-state index contributed by atoms with van der Waals surface area (Å²) in [4.78, 5) is 82.4. The van der Waals surface area contributed by atoms with Crippen LogP contribution in [0.4, 0.5) is 9.59 Å². The molecule has 0 fully saturated rings. The van der Waals surface area contributed by atoms with Crippen molar-refractivity contribution in [2.75, 3.05) is 98.8 Å². The Hall–Kier alpha value is -3.97. The Morgan fingerprint density at radius 1 is 0.532 bits per heavy atom. The molecule has 0 rings (SSSR count). The van der Waals surface area contributed by atoms with E-state index in [1.807, 2.05) is 13.8 Å². The van der Waals surface area contributed by atoms with Crippen LogP contribution in [0.25, 0.3) is 0 Å². The Bertz CT molecular complexity index is 888. The Morgan fingerprint density at radius 3 is 1.23 bits per heavy atom. The minimum Gasteiger partial charge on any atom is -0.464 e. The van der Waals surface area contributed by atoms with Gasteiger partial charge in [0.25, 0.3) is 0 Å². The molecule has 2 radical (unpaired) electrons. The molecule has 0 unspecified atom stereocenters. The maximum atomic E-state index is 11.9. The third-order valence-electron chi connectivity index (χ3n) is 5.18. The Labute approximate surface area is 275 Å². The highest BCUT2D eigenvalue weighted by Crippen LogP contribution is 1.94. The lowest BCUT2D eigenvalue weighted by Gasteiger charge is -2.20. The summed E-state index contributed by atoms with van der Waals surface area (Å²) in [6.07, 6.45) is 1.04. The van der Waals surface area contributed by atoms with Gasteiger partial charge < -0.3 is 53.3 Å². The number of alkyl carbamates (subject to hydrolysis) is 2. The van der Waals surface area contributed by atoms with E-state index >= 15 is 0 Å². The molecule has 0 saturated heterocycles. The fourth-order valence-electron chi connectivity index (χ4n) is 3.06. The summed E-state index contributed by atoms with van der Waals surface area (Å²) in [6.45, 7) is 2.59. The molecule has 0 aliphatic rings. The van der Waals surface area contributed by atoms with Gasteiger partial charge in [-0.2, -0.15) is 0 Å². The molecule has 0 aromatic carbocycles. The van der Waals surface area contributed by atoms with E-state index in [0.717, 1.165) is 0 Å². The molecule has 0 aromatic rings. The summed E-state index contributed by atoms with van der Waals surface area (Å²) in [5.41, 5.74) is -0.661. The second kappa shape index (κ2) is 29.4. The first-order valence-electron chi connectivity index (χ1n) is 15.2. The van der Waals surface area contributed by atoms with Gasteiger partial charge in [0.05, 0.1) is 32.1 Å². The molecule has 0 saturated carbocycles. The fraction of sp³-hybridized carbons (Fsp3) is 0.750. The molecule has 2 N–H and O–H groups in total. The Kier molecular flexibility index (Phi) is 27.0. The van der Waals surface area contributed by atoms with Gasteiger partial charge in [-0.05, 0) is 25.7 Å². The van der Waals surface area contributed by atoms with Crippen LogP contribution >= 0.6 is 0 Å². The number of hydrogen-bond donors (Lipinski definition) is 2. The van der Waals surface area contributed by atoms with Gasteiger partial charge in [0.15, 0.2) is 7.85 Å². The number of ether oxygens (including phenoxy) is 8. The van der Waals surface area contributed by atoms with Crippen LogP contribution in [-0.2, 0) is 61.9 Å². The molecular weight excluding hydrogens is 629 g/mol. The van der Waals surface area contributed by atoms with Gasteiger partial charge >= 0.3 is 36.1 Å². The molecule has 0 aliphatic carbocycles. The lowest BCUT2D eigenvalue weighted by molar-refractivity contribution is -0.156. The second-order valence-electron chi connectivity index (χ2n) is 9.44. The maximum Gasteiger partial charge on any atom is 0.407 e. The van der Waals surface area contributed by atoms with Gasteiger partial charge in [0.1, 0.15) is 39.6 Å². The fourth-order valence-corrected chi connectivity index (χ4v) is 3.06. The summed E-state index contributed by atoms with van der Waals surface area (Å²) in [7, 11) is 5.24. The number of amides is 2. The third-order valence-corrected chi connectivity index (χ3v) is 5.18. The van der Waals surface area contributed by atoms with Crippen LogP contribution in [0.2, 0.25) is 0 Å². The van der Waals surface area contributed by atoms with Crippen molar-refractivity contribution >= 4 is 49.6 Å². The minimum absolute atomic E-state index is 0.0353. The monoisotopic (exact) mass is 675 g/mol. The normalized spacial score (nSPS) is 10.4. The van der Waals surface area contributed by atoms with Gasteiger partial charge in [0, 0.05) is 32.7 Å². The Morgan fingerprint density at radius 2 is 0.894 bits per heavy atom. The topological polar surface area (TPSA) is 221 Å². The predicted molar refractivity (Wildman–Crippen MR) is 161 cm³/mol. The zero-order chi connectivity index (χ0) is 35.1. The first-order chi connectivity index (χ1) is 22.6. The molecule has 266 valence electrons. The van der Waals surface area contributed by atoms with Gasteiger partial charge in [-0.1, -0.05) is 13.8 Å². The van der Waals surface area contributed by atoms with Gasteiger partial charge in [0.2, 0.25) is 0 Å². The molecule has 0 spiro atoms. The van der Waals surface area contributed by atoms with Crippen LogP contribution < -0.4 is 10.6 Å². The highest BCUT2D eigenvalue weighted by Gasteiger charge is 2.13. The van der Waals surface area contributed by atoms with Gasteiger partial charge in [-0.15, -0.1) is 0 Å². The molecule has 19 heteroatoms. The summed E-state index contributed by atoms with van der Waals surface area (Å²) in [5.74, 6) is -2.94. The van der Waals surface area contributed by atoms with E-state index in [2.05, 4.69) is 10.6 Å². The highest BCUT2D eigenvalue weighted by molar-refractivity contribution is 6.58. The van der Waals surface area contributed by atoms with Crippen molar-refractivity contribution < 1.29 is 71.5 Å². The van der Waals surface area contributed by atoms with Crippen LogP contribution in [0.1, 0.15) is 39.5 Å². The molecule has 0 heterocycles. The van der Waals surface area contributed by atoms with Crippen LogP contribution in [0, 0.1) is 0 Å². The summed E-state index contributed by atoms with van der Waals surface area (Å²) < 4.78 is 39.5. The van der Waals surface area contributed by atoms with E-state index < -0.39 is 68.2 Å². The number of carbonyl (C=O) groups excluding carboxylic acids is 7. The van der Waals surface area contributed by atoms with E-state index in [0.29, 0.717) is 38.9 Å². The summed E-state index contributed by atoms with van der Waals surface area (Å²) >= 11 is 0. The average Bonchev–Trinajstić information content (AvgIpc) is 3.02. The highest BCUT2D eigenvalue weighted by atomic mass is 16.6. The number of hydrogen-bond acceptors (Lipinski definition) is 16.